The lowest BCUT2D eigenvalue weighted by Gasteiger charge is -2.31. The maximum absolute atomic E-state index is 13.6. The van der Waals surface area contributed by atoms with Crippen LogP contribution < -0.4 is 4.90 Å². The van der Waals surface area contributed by atoms with Crippen molar-refractivity contribution in [1.29, 1.82) is 0 Å². The van der Waals surface area contributed by atoms with E-state index < -0.39 is 0 Å². The molecule has 0 saturated carbocycles. The van der Waals surface area contributed by atoms with Gasteiger partial charge in [-0.25, -0.2) is 4.90 Å². The van der Waals surface area contributed by atoms with Gasteiger partial charge in [-0.15, -0.1) is 11.3 Å². The second-order valence-electron chi connectivity index (χ2n) is 7.52. The minimum Gasteiger partial charge on any atom is -0.362 e. The Morgan fingerprint density at radius 3 is 2.50 bits per heavy atom. The molecule has 0 bridgehead atoms. The summed E-state index contributed by atoms with van der Waals surface area (Å²) in [7, 11) is 0. The Kier molecular flexibility index (Phi) is 4.72. The van der Waals surface area contributed by atoms with Gasteiger partial charge in [-0.05, 0) is 53.6 Å². The summed E-state index contributed by atoms with van der Waals surface area (Å²) in [6.45, 7) is 3.20. The van der Waals surface area contributed by atoms with Gasteiger partial charge < -0.3 is 4.90 Å². The van der Waals surface area contributed by atoms with E-state index in [2.05, 4.69) is 12.1 Å². The minimum absolute atomic E-state index is 0.289. The van der Waals surface area contributed by atoms with Gasteiger partial charge in [0.1, 0.15) is 5.70 Å². The Hall–Kier alpha value is -2.89. The largest absolute Gasteiger partial charge is 0.362 e. The van der Waals surface area contributed by atoms with E-state index in [0.29, 0.717) is 35.1 Å². The number of amides is 2. The average Bonchev–Trinajstić information content (AvgIpc) is 3.36. The predicted molar refractivity (Wildman–Crippen MR) is 120 cm³/mol. The van der Waals surface area contributed by atoms with E-state index in [0.717, 1.165) is 16.9 Å². The molecule has 0 saturated heterocycles. The van der Waals surface area contributed by atoms with Crippen LogP contribution in [0.4, 0.5) is 5.69 Å². The Morgan fingerprint density at radius 2 is 1.77 bits per heavy atom. The van der Waals surface area contributed by atoms with Crippen molar-refractivity contribution in [2.45, 2.75) is 19.9 Å². The highest BCUT2D eigenvalue weighted by Crippen LogP contribution is 2.38. The second kappa shape index (κ2) is 7.42. The number of aryl methyl sites for hydroxylation is 1. The van der Waals surface area contributed by atoms with Crippen LogP contribution in [0, 0.1) is 6.92 Å². The quantitative estimate of drug-likeness (QED) is 0.541. The zero-order valence-corrected chi connectivity index (χ0v) is 18.0. The smallest absolute Gasteiger partial charge is 0.282 e. The topological polar surface area (TPSA) is 40.6 Å². The first kappa shape index (κ1) is 19.1. The van der Waals surface area contributed by atoms with Crippen LogP contribution >= 0.6 is 22.9 Å². The number of fused-ring (bicyclic) bond motifs is 1. The van der Waals surface area contributed by atoms with E-state index in [9.17, 15) is 9.59 Å². The van der Waals surface area contributed by atoms with E-state index in [-0.39, 0.29) is 11.8 Å². The Bertz CT molecular complexity index is 1200. The first-order valence-electron chi connectivity index (χ1n) is 9.79. The van der Waals surface area contributed by atoms with Crippen molar-refractivity contribution in [1.82, 2.24) is 4.90 Å². The molecular formula is C24H19ClN2O2S. The number of carbonyl (C=O) groups excluding carboxylic acids is 2. The number of nitrogens with zero attached hydrogens (tertiary/aromatic N) is 2. The summed E-state index contributed by atoms with van der Waals surface area (Å²) < 4.78 is 0. The van der Waals surface area contributed by atoms with Crippen molar-refractivity contribution in [2.24, 2.45) is 0 Å². The van der Waals surface area contributed by atoms with E-state index in [1.165, 1.54) is 27.4 Å². The number of halogens is 1. The van der Waals surface area contributed by atoms with Crippen LogP contribution in [0.25, 0.3) is 5.57 Å². The van der Waals surface area contributed by atoms with Gasteiger partial charge in [0.2, 0.25) is 0 Å². The molecule has 0 aliphatic carbocycles. The number of hydrogen-bond donors (Lipinski definition) is 0. The lowest BCUT2D eigenvalue weighted by molar-refractivity contribution is -0.120. The molecule has 2 aliphatic rings. The van der Waals surface area contributed by atoms with E-state index >= 15 is 0 Å². The van der Waals surface area contributed by atoms with Crippen LogP contribution in [0.1, 0.15) is 21.6 Å². The zero-order valence-electron chi connectivity index (χ0n) is 16.4. The van der Waals surface area contributed by atoms with Crippen molar-refractivity contribution >= 4 is 46.0 Å². The maximum atomic E-state index is 13.6. The molecule has 0 N–H and O–H groups in total. The van der Waals surface area contributed by atoms with Crippen LogP contribution in [-0.4, -0.2) is 23.3 Å². The number of rotatable bonds is 3. The highest BCUT2D eigenvalue weighted by Gasteiger charge is 2.43. The third-order valence-electron chi connectivity index (χ3n) is 5.69. The van der Waals surface area contributed by atoms with E-state index in [1.54, 1.807) is 12.1 Å². The molecule has 4 nitrogen and oxygen atoms in total. The highest BCUT2D eigenvalue weighted by molar-refractivity contribution is 7.11. The molecule has 6 heteroatoms. The molecular weight excluding hydrogens is 416 g/mol. The van der Waals surface area contributed by atoms with Gasteiger partial charge in [-0.3, -0.25) is 9.59 Å². The predicted octanol–water partition coefficient (Wildman–Crippen LogP) is 5.05. The molecule has 0 unspecified atom stereocenters. The van der Waals surface area contributed by atoms with Crippen LogP contribution in [0.5, 0.6) is 0 Å². The molecule has 0 atom stereocenters. The molecule has 3 aromatic rings. The highest BCUT2D eigenvalue weighted by atomic mass is 35.5. The molecule has 5 rings (SSSR count). The van der Waals surface area contributed by atoms with Crippen LogP contribution in [-0.2, 0) is 22.6 Å². The van der Waals surface area contributed by atoms with Gasteiger partial charge >= 0.3 is 0 Å². The number of hydrogen-bond acceptors (Lipinski definition) is 4. The molecule has 30 heavy (non-hydrogen) atoms. The molecule has 150 valence electrons. The van der Waals surface area contributed by atoms with Gasteiger partial charge in [0.05, 0.1) is 11.3 Å². The van der Waals surface area contributed by atoms with Crippen molar-refractivity contribution in [3.05, 3.63) is 92.3 Å². The monoisotopic (exact) mass is 434 g/mol. The minimum atomic E-state index is -0.295. The van der Waals surface area contributed by atoms with Crippen LogP contribution in [0.2, 0.25) is 5.02 Å². The average molecular weight is 435 g/mol. The first-order valence-corrected chi connectivity index (χ1v) is 11.0. The van der Waals surface area contributed by atoms with Crippen molar-refractivity contribution in [2.75, 3.05) is 11.4 Å². The third kappa shape index (κ3) is 3.06. The Labute approximate surface area is 184 Å². The lowest BCUT2D eigenvalue weighted by atomic mass is 9.99. The number of imide groups is 1. The van der Waals surface area contributed by atoms with Gasteiger partial charge in [-0.2, -0.15) is 0 Å². The molecule has 2 amide bonds. The molecule has 0 fully saturated rings. The summed E-state index contributed by atoms with van der Waals surface area (Å²) in [4.78, 5) is 31.2. The summed E-state index contributed by atoms with van der Waals surface area (Å²) in [5.74, 6) is -0.584. The normalized spacial score (nSPS) is 16.5. The summed E-state index contributed by atoms with van der Waals surface area (Å²) in [5, 5.41) is 2.46. The molecule has 2 aliphatic heterocycles. The van der Waals surface area contributed by atoms with Crippen LogP contribution in [0.15, 0.2) is 65.7 Å². The number of benzene rings is 2. The number of thiophene rings is 1. The van der Waals surface area contributed by atoms with Gasteiger partial charge in [0.25, 0.3) is 11.8 Å². The Balaban J connectivity index is 1.60. The standard InChI is InChI=1S/C24H19ClN2O2S/c1-15-8-9-18(13-19(15)25)27-23(28)21(20-7-4-12-30-20)22(24(27)29)26-11-10-16-5-2-3-6-17(16)14-26/h2-9,12-13H,10-11,14H2,1H3. The third-order valence-corrected chi connectivity index (χ3v) is 6.98. The second-order valence-corrected chi connectivity index (χ2v) is 8.88. The van der Waals surface area contributed by atoms with E-state index in [1.807, 2.05) is 47.5 Å². The molecule has 3 heterocycles. The van der Waals surface area contributed by atoms with Crippen molar-refractivity contribution in [3.8, 4) is 0 Å². The van der Waals surface area contributed by atoms with Crippen LogP contribution in [0.3, 0.4) is 0 Å². The summed E-state index contributed by atoms with van der Waals surface area (Å²) in [6, 6.07) is 17.4. The lowest BCUT2D eigenvalue weighted by Crippen LogP contribution is -2.37. The first-order chi connectivity index (χ1) is 14.5. The fourth-order valence-corrected chi connectivity index (χ4v) is 5.03. The molecule has 2 aromatic carbocycles. The van der Waals surface area contributed by atoms with Gasteiger partial charge in [-0.1, -0.05) is 48.0 Å². The van der Waals surface area contributed by atoms with Gasteiger partial charge in [0, 0.05) is 23.0 Å². The number of carbonyl (C=O) groups is 2. The van der Waals surface area contributed by atoms with E-state index in [4.69, 9.17) is 11.6 Å². The SMILES string of the molecule is Cc1ccc(N2C(=O)C(c3cccs3)=C(N3CCc4ccccc4C3)C2=O)cc1Cl. The van der Waals surface area contributed by atoms with Crippen molar-refractivity contribution in [3.63, 3.8) is 0 Å². The summed E-state index contributed by atoms with van der Waals surface area (Å²) in [6.07, 6.45) is 0.842. The maximum Gasteiger partial charge on any atom is 0.282 e. The fourth-order valence-electron chi connectivity index (χ4n) is 4.10. The molecule has 1 aromatic heterocycles. The summed E-state index contributed by atoms with van der Waals surface area (Å²) in [5.41, 5.74) is 4.85. The zero-order chi connectivity index (χ0) is 20.8. The van der Waals surface area contributed by atoms with Gasteiger partial charge in [0.15, 0.2) is 0 Å². The molecule has 0 spiro atoms. The summed E-state index contributed by atoms with van der Waals surface area (Å²) >= 11 is 7.77. The van der Waals surface area contributed by atoms with Crippen molar-refractivity contribution < 1.29 is 9.59 Å². The Morgan fingerprint density at radius 1 is 0.967 bits per heavy atom. The number of anilines is 1. The molecule has 0 radical (unpaired) electrons. The fraction of sp³-hybridized carbons (Fsp3) is 0.167.